The first-order valence-electron chi connectivity index (χ1n) is 9.43. The van der Waals surface area contributed by atoms with Gasteiger partial charge in [0.1, 0.15) is 5.75 Å². The molecule has 146 valence electrons. The minimum Gasteiger partial charge on any atom is -0.493 e. The van der Waals surface area contributed by atoms with E-state index in [1.807, 2.05) is 24.3 Å². The van der Waals surface area contributed by atoms with Crippen LogP contribution in [0.25, 0.3) is 0 Å². The molecule has 0 spiro atoms. The van der Waals surface area contributed by atoms with E-state index >= 15 is 0 Å². The van der Waals surface area contributed by atoms with Gasteiger partial charge in [0, 0.05) is 30.8 Å². The van der Waals surface area contributed by atoms with Gasteiger partial charge in [-0.05, 0) is 55.3 Å². The number of carbonyl (C=O) groups excluding carboxylic acids is 3. The van der Waals surface area contributed by atoms with Crippen LogP contribution in [0.3, 0.4) is 0 Å². The van der Waals surface area contributed by atoms with Crippen LogP contribution < -0.4 is 15.0 Å². The van der Waals surface area contributed by atoms with Gasteiger partial charge in [0.2, 0.25) is 11.8 Å². The van der Waals surface area contributed by atoms with Gasteiger partial charge in [0.25, 0.3) is 0 Å². The Balaban J connectivity index is 1.39. The van der Waals surface area contributed by atoms with Crippen LogP contribution in [0.1, 0.15) is 42.1 Å². The number of benzene rings is 2. The first kappa shape index (κ1) is 19.6. The van der Waals surface area contributed by atoms with Crippen LogP contribution in [0.2, 0.25) is 0 Å². The number of ketones is 1. The fraction of sp³-hybridized carbons (Fsp3) is 0.318. The van der Waals surface area contributed by atoms with E-state index in [-0.39, 0.29) is 30.6 Å². The molecule has 28 heavy (non-hydrogen) atoms. The van der Waals surface area contributed by atoms with Gasteiger partial charge in [-0.3, -0.25) is 14.4 Å². The zero-order valence-corrected chi connectivity index (χ0v) is 15.9. The maximum absolute atomic E-state index is 12.0. The molecule has 3 rings (SSSR count). The molecule has 0 aliphatic carbocycles. The molecule has 1 aliphatic heterocycles. The average Bonchev–Trinajstić information content (AvgIpc) is 3.13. The number of carbonyl (C=O) groups is 3. The molecular weight excluding hydrogens is 356 g/mol. The van der Waals surface area contributed by atoms with Crippen LogP contribution >= 0.6 is 0 Å². The molecule has 0 aromatic heterocycles. The minimum atomic E-state index is -0.0980. The molecule has 0 bridgehead atoms. The summed E-state index contributed by atoms with van der Waals surface area (Å²) in [6.07, 6.45) is 1.76. The van der Waals surface area contributed by atoms with Gasteiger partial charge in [-0.25, -0.2) is 0 Å². The van der Waals surface area contributed by atoms with Gasteiger partial charge >= 0.3 is 0 Å². The Labute approximate surface area is 164 Å². The maximum atomic E-state index is 12.0. The van der Waals surface area contributed by atoms with Crippen molar-refractivity contribution in [2.24, 2.45) is 0 Å². The second-order valence-corrected chi connectivity index (χ2v) is 6.77. The molecule has 0 unspecified atom stereocenters. The number of hydrogen-bond donors (Lipinski definition) is 1. The van der Waals surface area contributed by atoms with Crippen molar-refractivity contribution in [3.05, 3.63) is 59.7 Å². The summed E-state index contributed by atoms with van der Waals surface area (Å²) in [7, 11) is 0. The molecule has 6 heteroatoms. The first-order chi connectivity index (χ1) is 13.5. The van der Waals surface area contributed by atoms with Crippen molar-refractivity contribution < 1.29 is 19.1 Å². The zero-order chi connectivity index (χ0) is 19.9. The summed E-state index contributed by atoms with van der Waals surface area (Å²) < 4.78 is 5.54. The van der Waals surface area contributed by atoms with E-state index in [9.17, 15) is 14.4 Å². The van der Waals surface area contributed by atoms with Crippen LogP contribution in [0.5, 0.6) is 5.75 Å². The fourth-order valence-corrected chi connectivity index (χ4v) is 3.05. The molecular formula is C22H24N2O4. The van der Waals surface area contributed by atoms with Gasteiger partial charge < -0.3 is 15.0 Å². The van der Waals surface area contributed by atoms with Crippen LogP contribution in [-0.4, -0.2) is 30.7 Å². The number of Topliss-reactive ketones (excluding diaryl/α,β-unsaturated/α-hetero) is 1. The second-order valence-electron chi connectivity index (χ2n) is 6.77. The van der Waals surface area contributed by atoms with Crippen molar-refractivity contribution in [2.75, 3.05) is 18.1 Å². The molecule has 1 fully saturated rings. The van der Waals surface area contributed by atoms with E-state index in [4.69, 9.17) is 4.74 Å². The highest BCUT2D eigenvalue weighted by molar-refractivity contribution is 5.95. The summed E-state index contributed by atoms with van der Waals surface area (Å²) in [6.45, 7) is 2.98. The monoisotopic (exact) mass is 380 g/mol. The standard InChI is InChI=1S/C22H24N2O4/c1-16(25)18-6-10-20(11-7-18)28-14-12-21(26)23-15-17-4-8-19(9-5-17)24-13-2-3-22(24)27/h4-11H,2-3,12-15H2,1H3,(H,23,26). The number of nitrogens with one attached hydrogen (secondary N) is 1. The lowest BCUT2D eigenvalue weighted by Gasteiger charge is -2.16. The van der Waals surface area contributed by atoms with Gasteiger partial charge in [-0.1, -0.05) is 12.1 Å². The normalized spacial score (nSPS) is 13.5. The van der Waals surface area contributed by atoms with Gasteiger partial charge in [0.15, 0.2) is 5.78 Å². The van der Waals surface area contributed by atoms with Crippen molar-refractivity contribution in [3.8, 4) is 5.75 Å². The maximum Gasteiger partial charge on any atom is 0.227 e. The fourth-order valence-electron chi connectivity index (χ4n) is 3.05. The molecule has 0 saturated carbocycles. The van der Waals surface area contributed by atoms with Crippen molar-refractivity contribution in [1.82, 2.24) is 5.32 Å². The van der Waals surface area contributed by atoms with E-state index in [1.165, 1.54) is 6.92 Å². The molecule has 1 heterocycles. The number of hydrogen-bond acceptors (Lipinski definition) is 4. The lowest BCUT2D eigenvalue weighted by molar-refractivity contribution is -0.121. The molecule has 6 nitrogen and oxygen atoms in total. The van der Waals surface area contributed by atoms with E-state index in [2.05, 4.69) is 5.32 Å². The summed E-state index contributed by atoms with van der Waals surface area (Å²) >= 11 is 0. The van der Waals surface area contributed by atoms with Crippen molar-refractivity contribution in [1.29, 1.82) is 0 Å². The number of nitrogens with zero attached hydrogens (tertiary/aromatic N) is 1. The van der Waals surface area contributed by atoms with Crippen LogP contribution in [0.4, 0.5) is 5.69 Å². The molecule has 0 atom stereocenters. The van der Waals surface area contributed by atoms with E-state index in [0.29, 0.717) is 24.3 Å². The predicted octanol–water partition coefficient (Wildman–Crippen LogP) is 3.10. The van der Waals surface area contributed by atoms with Crippen LogP contribution in [0, 0.1) is 0 Å². The average molecular weight is 380 g/mol. The summed E-state index contributed by atoms with van der Waals surface area (Å²) in [6, 6.07) is 14.5. The third-order valence-corrected chi connectivity index (χ3v) is 4.67. The smallest absolute Gasteiger partial charge is 0.227 e. The minimum absolute atomic E-state index is 0.00555. The Morgan fingerprint density at radius 2 is 1.79 bits per heavy atom. The van der Waals surface area contributed by atoms with Crippen molar-refractivity contribution in [2.45, 2.75) is 32.7 Å². The molecule has 2 aromatic rings. The van der Waals surface area contributed by atoms with E-state index in [1.54, 1.807) is 29.2 Å². The predicted molar refractivity (Wildman–Crippen MR) is 106 cm³/mol. The van der Waals surface area contributed by atoms with Crippen LogP contribution in [-0.2, 0) is 16.1 Å². The van der Waals surface area contributed by atoms with Gasteiger partial charge in [0.05, 0.1) is 13.0 Å². The highest BCUT2D eigenvalue weighted by atomic mass is 16.5. The number of anilines is 1. The Morgan fingerprint density at radius 1 is 1.07 bits per heavy atom. The first-order valence-corrected chi connectivity index (χ1v) is 9.43. The lowest BCUT2D eigenvalue weighted by atomic mass is 10.1. The Morgan fingerprint density at radius 3 is 2.39 bits per heavy atom. The summed E-state index contributed by atoms with van der Waals surface area (Å²) in [5.74, 6) is 0.701. The second kappa shape index (κ2) is 9.17. The van der Waals surface area contributed by atoms with E-state index in [0.717, 1.165) is 24.2 Å². The molecule has 1 N–H and O–H groups in total. The quantitative estimate of drug-likeness (QED) is 0.714. The molecule has 1 saturated heterocycles. The molecule has 2 aromatic carbocycles. The highest BCUT2D eigenvalue weighted by Crippen LogP contribution is 2.21. The Bertz CT molecular complexity index is 844. The van der Waals surface area contributed by atoms with Crippen LogP contribution in [0.15, 0.2) is 48.5 Å². The summed E-state index contributed by atoms with van der Waals surface area (Å²) in [4.78, 5) is 36.8. The zero-order valence-electron chi connectivity index (χ0n) is 15.9. The van der Waals surface area contributed by atoms with E-state index < -0.39 is 0 Å². The summed E-state index contributed by atoms with van der Waals surface area (Å²) in [5.41, 5.74) is 2.51. The number of rotatable bonds is 8. The van der Waals surface area contributed by atoms with Gasteiger partial charge in [-0.15, -0.1) is 0 Å². The molecule has 1 aliphatic rings. The summed E-state index contributed by atoms with van der Waals surface area (Å²) in [5, 5.41) is 2.86. The number of ether oxygens (including phenoxy) is 1. The highest BCUT2D eigenvalue weighted by Gasteiger charge is 2.21. The lowest BCUT2D eigenvalue weighted by Crippen LogP contribution is -2.25. The van der Waals surface area contributed by atoms with Crippen molar-refractivity contribution in [3.63, 3.8) is 0 Å². The van der Waals surface area contributed by atoms with Crippen molar-refractivity contribution >= 4 is 23.3 Å². The Hall–Kier alpha value is -3.15. The SMILES string of the molecule is CC(=O)c1ccc(OCCC(=O)NCc2ccc(N3CCCC3=O)cc2)cc1. The topological polar surface area (TPSA) is 75.7 Å². The molecule has 0 radical (unpaired) electrons. The third-order valence-electron chi connectivity index (χ3n) is 4.67. The van der Waals surface area contributed by atoms with Gasteiger partial charge in [-0.2, -0.15) is 0 Å². The Kier molecular flexibility index (Phi) is 6.42. The largest absolute Gasteiger partial charge is 0.493 e. The number of amides is 2. The molecule has 2 amide bonds. The third kappa shape index (κ3) is 5.19.